The van der Waals surface area contributed by atoms with Gasteiger partial charge in [-0.15, -0.1) is 0 Å². The highest BCUT2D eigenvalue weighted by Gasteiger charge is 2.30. The summed E-state index contributed by atoms with van der Waals surface area (Å²) in [6, 6.07) is 17.4. The van der Waals surface area contributed by atoms with Crippen LogP contribution >= 0.6 is 0 Å². The van der Waals surface area contributed by atoms with Crippen LogP contribution in [0.2, 0.25) is 0 Å². The average molecular weight is 443 g/mol. The minimum absolute atomic E-state index is 0.0545. The molecule has 2 aromatic carbocycles. The summed E-state index contributed by atoms with van der Waals surface area (Å²) >= 11 is 0. The van der Waals surface area contributed by atoms with Gasteiger partial charge in [-0.2, -0.15) is 9.78 Å². The number of fused-ring (bicyclic) bond motifs is 2. The maximum atomic E-state index is 13.6. The lowest BCUT2D eigenvalue weighted by Gasteiger charge is -2.05. The maximum absolute atomic E-state index is 13.6. The van der Waals surface area contributed by atoms with E-state index in [2.05, 4.69) is 20.1 Å². The predicted molar refractivity (Wildman–Crippen MR) is 123 cm³/mol. The number of aromatic nitrogens is 4. The van der Waals surface area contributed by atoms with Gasteiger partial charge in [0.15, 0.2) is 5.65 Å². The molecule has 32 heavy (non-hydrogen) atoms. The smallest absolute Gasteiger partial charge is 0.212 e. The summed E-state index contributed by atoms with van der Waals surface area (Å²) in [7, 11) is -3.98. The number of sulfone groups is 1. The number of nitrogen functional groups attached to an aromatic ring is 1. The van der Waals surface area contributed by atoms with E-state index in [1.165, 1.54) is 4.68 Å². The molecule has 3 heterocycles. The molecular formula is C23H18N6O2S. The van der Waals surface area contributed by atoms with E-state index >= 15 is 0 Å². The van der Waals surface area contributed by atoms with Gasteiger partial charge in [-0.05, 0) is 48.9 Å². The van der Waals surface area contributed by atoms with Crippen molar-refractivity contribution in [3.8, 4) is 0 Å². The number of nitrogens with two attached hydrogens (primary N) is 1. The Bertz CT molecular complexity index is 1590. The van der Waals surface area contributed by atoms with Crippen LogP contribution < -0.4 is 5.73 Å². The number of benzene rings is 2. The van der Waals surface area contributed by atoms with Crippen LogP contribution in [-0.2, 0) is 9.84 Å². The zero-order valence-electron chi connectivity index (χ0n) is 17.0. The van der Waals surface area contributed by atoms with Crippen LogP contribution in [-0.4, -0.2) is 34.3 Å². The molecule has 0 aliphatic heterocycles. The zero-order valence-corrected chi connectivity index (χ0v) is 17.9. The highest BCUT2D eigenvalue weighted by Crippen LogP contribution is 2.35. The van der Waals surface area contributed by atoms with Crippen LogP contribution in [0.1, 0.15) is 11.1 Å². The summed E-state index contributed by atoms with van der Waals surface area (Å²) in [5.41, 5.74) is 9.71. The van der Waals surface area contributed by atoms with Crippen molar-refractivity contribution in [2.24, 2.45) is 5.10 Å². The Labute approximate surface area is 184 Å². The fourth-order valence-corrected chi connectivity index (χ4v) is 4.90. The second-order valence-corrected chi connectivity index (χ2v) is 9.14. The molecule has 0 aliphatic rings. The van der Waals surface area contributed by atoms with Crippen LogP contribution in [0, 0.1) is 6.92 Å². The van der Waals surface area contributed by atoms with E-state index in [0.29, 0.717) is 11.0 Å². The van der Waals surface area contributed by atoms with E-state index < -0.39 is 9.84 Å². The Balaban J connectivity index is 1.81. The van der Waals surface area contributed by atoms with Crippen LogP contribution in [0.3, 0.4) is 0 Å². The van der Waals surface area contributed by atoms with Gasteiger partial charge in [0.2, 0.25) is 9.84 Å². The molecule has 5 rings (SSSR count). The van der Waals surface area contributed by atoms with Crippen LogP contribution in [0.5, 0.6) is 0 Å². The summed E-state index contributed by atoms with van der Waals surface area (Å²) < 4.78 is 28.5. The van der Waals surface area contributed by atoms with Crippen LogP contribution in [0.25, 0.3) is 22.2 Å². The van der Waals surface area contributed by atoms with E-state index in [0.717, 1.165) is 11.1 Å². The van der Waals surface area contributed by atoms with Crippen molar-refractivity contribution in [3.05, 3.63) is 84.2 Å². The fraction of sp³-hybridized carbons (Fsp3) is 0.0435. The third-order valence-electron chi connectivity index (χ3n) is 5.06. The standard InChI is InChI=1S/C23H18N6O2S/c1-15-6-8-17(9-7-15)32(30,31)21-20-23(28-19-5-3-2-4-18(19)27-20)29(22(21)24)26-14-16-10-12-25-13-11-16/h2-14H,24H2,1H3. The van der Waals surface area contributed by atoms with Gasteiger partial charge in [-0.25, -0.2) is 18.4 Å². The van der Waals surface area contributed by atoms with Gasteiger partial charge in [0, 0.05) is 12.4 Å². The minimum Gasteiger partial charge on any atom is -0.382 e. The molecule has 2 N–H and O–H groups in total. The topological polar surface area (TPSA) is 116 Å². The monoisotopic (exact) mass is 442 g/mol. The molecule has 0 atom stereocenters. The molecular weight excluding hydrogens is 424 g/mol. The second-order valence-electron chi connectivity index (χ2n) is 7.25. The van der Waals surface area contributed by atoms with Gasteiger partial charge in [0.25, 0.3) is 0 Å². The number of nitrogens with zero attached hydrogens (tertiary/aromatic N) is 5. The number of aryl methyl sites for hydroxylation is 1. The van der Waals surface area contributed by atoms with Crippen molar-refractivity contribution >= 4 is 44.1 Å². The average Bonchev–Trinajstić information content (AvgIpc) is 3.07. The van der Waals surface area contributed by atoms with Crippen LogP contribution in [0.15, 0.2) is 87.9 Å². The van der Waals surface area contributed by atoms with Crippen molar-refractivity contribution in [1.29, 1.82) is 0 Å². The first-order chi connectivity index (χ1) is 15.4. The van der Waals surface area contributed by atoms with Crippen molar-refractivity contribution in [2.75, 3.05) is 5.73 Å². The predicted octanol–water partition coefficient (Wildman–Crippen LogP) is 3.59. The van der Waals surface area contributed by atoms with E-state index in [4.69, 9.17) is 5.73 Å². The Kier molecular flexibility index (Phi) is 4.67. The molecule has 0 fully saturated rings. The Morgan fingerprint density at radius 1 is 0.938 bits per heavy atom. The number of pyridine rings is 1. The van der Waals surface area contributed by atoms with Crippen molar-refractivity contribution < 1.29 is 8.42 Å². The third-order valence-corrected chi connectivity index (χ3v) is 6.89. The van der Waals surface area contributed by atoms with E-state index in [9.17, 15) is 8.42 Å². The number of hydrogen-bond acceptors (Lipinski definition) is 7. The Morgan fingerprint density at radius 3 is 2.28 bits per heavy atom. The normalized spacial score (nSPS) is 12.2. The second kappa shape index (κ2) is 7.54. The molecule has 158 valence electrons. The summed E-state index contributed by atoms with van der Waals surface area (Å²) in [4.78, 5) is 13.2. The molecule has 5 aromatic rings. The number of para-hydroxylation sites is 2. The first kappa shape index (κ1) is 19.8. The summed E-state index contributed by atoms with van der Waals surface area (Å²) in [5, 5.41) is 4.42. The van der Waals surface area contributed by atoms with Gasteiger partial charge in [0.05, 0.1) is 22.1 Å². The summed E-state index contributed by atoms with van der Waals surface area (Å²) in [5.74, 6) is -0.0545. The maximum Gasteiger partial charge on any atom is 0.212 e. The highest BCUT2D eigenvalue weighted by molar-refractivity contribution is 7.92. The summed E-state index contributed by atoms with van der Waals surface area (Å²) in [6.45, 7) is 1.89. The van der Waals surface area contributed by atoms with Gasteiger partial charge >= 0.3 is 0 Å². The van der Waals surface area contributed by atoms with Crippen molar-refractivity contribution in [3.63, 3.8) is 0 Å². The third kappa shape index (κ3) is 3.28. The molecule has 0 amide bonds. The Hall–Kier alpha value is -4.11. The van der Waals surface area contributed by atoms with E-state index in [1.54, 1.807) is 67.1 Å². The lowest BCUT2D eigenvalue weighted by molar-refractivity contribution is 0.597. The molecule has 3 aromatic heterocycles. The molecule has 8 nitrogen and oxygen atoms in total. The molecule has 0 spiro atoms. The van der Waals surface area contributed by atoms with Gasteiger partial charge < -0.3 is 5.73 Å². The van der Waals surface area contributed by atoms with Crippen molar-refractivity contribution in [2.45, 2.75) is 16.7 Å². The molecule has 0 aliphatic carbocycles. The first-order valence-electron chi connectivity index (χ1n) is 9.78. The molecule has 0 saturated carbocycles. The van der Waals surface area contributed by atoms with Crippen molar-refractivity contribution in [1.82, 2.24) is 19.6 Å². The summed E-state index contributed by atoms with van der Waals surface area (Å²) in [6.07, 6.45) is 4.84. The van der Waals surface area contributed by atoms with Gasteiger partial charge in [-0.3, -0.25) is 4.98 Å². The SMILES string of the molecule is Cc1ccc(S(=O)(=O)c2c(N)n(N=Cc3ccncc3)c3nc4ccccc4nc23)cc1. The van der Waals surface area contributed by atoms with Gasteiger partial charge in [-0.1, -0.05) is 29.8 Å². The highest BCUT2D eigenvalue weighted by atomic mass is 32.2. The number of anilines is 1. The Morgan fingerprint density at radius 2 is 1.59 bits per heavy atom. The molecule has 0 radical (unpaired) electrons. The lowest BCUT2D eigenvalue weighted by atomic mass is 10.2. The number of rotatable bonds is 4. The minimum atomic E-state index is -3.98. The molecule has 0 unspecified atom stereocenters. The largest absolute Gasteiger partial charge is 0.382 e. The van der Waals surface area contributed by atoms with E-state index in [1.807, 2.05) is 19.1 Å². The van der Waals surface area contributed by atoms with Crippen LogP contribution in [0.4, 0.5) is 5.82 Å². The fourth-order valence-electron chi connectivity index (χ4n) is 3.41. The van der Waals surface area contributed by atoms with Gasteiger partial charge in [0.1, 0.15) is 16.2 Å². The zero-order chi connectivity index (χ0) is 22.3. The van der Waals surface area contributed by atoms with E-state index in [-0.39, 0.29) is 26.8 Å². The molecule has 0 bridgehead atoms. The lowest BCUT2D eigenvalue weighted by Crippen LogP contribution is -2.06. The molecule has 9 heteroatoms. The number of hydrogen-bond donors (Lipinski definition) is 1. The first-order valence-corrected chi connectivity index (χ1v) is 11.3. The quantitative estimate of drug-likeness (QED) is 0.425. The molecule has 0 saturated heterocycles.